The zero-order valence-corrected chi connectivity index (χ0v) is 12.7. The fourth-order valence-corrected chi connectivity index (χ4v) is 2.38. The number of phosphoric acid groups is 1. The van der Waals surface area contributed by atoms with Crippen molar-refractivity contribution in [3.63, 3.8) is 0 Å². The quantitative estimate of drug-likeness (QED) is 0.414. The maximum absolute atomic E-state index is 10.5. The molecule has 2 N–H and O–H groups in total. The van der Waals surface area contributed by atoms with Gasteiger partial charge in [0.25, 0.3) is 0 Å². The molecule has 110 valence electrons. The van der Waals surface area contributed by atoms with E-state index in [1.165, 1.54) is 44.9 Å². The normalized spacial score (nSPS) is 13.8. The second-order valence-electron chi connectivity index (χ2n) is 5.16. The van der Waals surface area contributed by atoms with Gasteiger partial charge in [0.2, 0.25) is 0 Å². The molecular formula is C13H29O4P. The lowest BCUT2D eigenvalue weighted by Crippen LogP contribution is -2.04. The van der Waals surface area contributed by atoms with Crippen LogP contribution in [0.4, 0.5) is 0 Å². The van der Waals surface area contributed by atoms with Crippen LogP contribution < -0.4 is 0 Å². The Hall–Kier alpha value is 0.110. The number of phosphoric ester groups is 1. The zero-order chi connectivity index (χ0) is 13.9. The van der Waals surface area contributed by atoms with Crippen LogP contribution in [0.5, 0.6) is 0 Å². The molecule has 0 saturated heterocycles. The summed E-state index contributed by atoms with van der Waals surface area (Å²) in [5.41, 5.74) is 0. The van der Waals surface area contributed by atoms with Crippen LogP contribution in [-0.4, -0.2) is 16.4 Å². The second-order valence-corrected chi connectivity index (χ2v) is 6.39. The van der Waals surface area contributed by atoms with Crippen LogP contribution in [0.3, 0.4) is 0 Å². The van der Waals surface area contributed by atoms with Crippen LogP contribution in [0.2, 0.25) is 0 Å². The Bertz CT molecular complexity index is 227. The smallest absolute Gasteiger partial charge is 0.303 e. The van der Waals surface area contributed by atoms with Gasteiger partial charge in [-0.05, 0) is 12.3 Å². The van der Waals surface area contributed by atoms with Crippen molar-refractivity contribution in [3.05, 3.63) is 0 Å². The maximum atomic E-state index is 10.5. The van der Waals surface area contributed by atoms with Crippen LogP contribution in [0.15, 0.2) is 0 Å². The summed E-state index contributed by atoms with van der Waals surface area (Å²) in [6.45, 7) is 4.35. The Labute approximate surface area is 111 Å². The van der Waals surface area contributed by atoms with Crippen molar-refractivity contribution in [3.8, 4) is 0 Å². The van der Waals surface area contributed by atoms with Gasteiger partial charge in [0.15, 0.2) is 0 Å². The van der Waals surface area contributed by atoms with Gasteiger partial charge >= 0.3 is 7.82 Å². The predicted molar refractivity (Wildman–Crippen MR) is 74.4 cm³/mol. The number of rotatable bonds is 12. The maximum Gasteiger partial charge on any atom is 0.469 e. The van der Waals surface area contributed by atoms with E-state index < -0.39 is 7.82 Å². The van der Waals surface area contributed by atoms with Gasteiger partial charge in [0.1, 0.15) is 0 Å². The highest BCUT2D eigenvalue weighted by Gasteiger charge is 2.15. The van der Waals surface area contributed by atoms with Crippen molar-refractivity contribution < 1.29 is 18.9 Å². The molecule has 0 aromatic heterocycles. The van der Waals surface area contributed by atoms with E-state index in [0.717, 1.165) is 12.8 Å². The van der Waals surface area contributed by atoms with Gasteiger partial charge in [-0.2, -0.15) is 0 Å². The Balaban J connectivity index is 3.25. The molecule has 0 aromatic rings. The van der Waals surface area contributed by atoms with Gasteiger partial charge in [0.05, 0.1) is 6.61 Å². The standard InChI is InChI=1S/C13H29O4P/c1-3-4-5-6-7-8-9-10-11-13(2)12-17-18(14,15)16/h13H,3-12H2,1-2H3,(H2,14,15,16). The average molecular weight is 280 g/mol. The minimum Gasteiger partial charge on any atom is -0.303 e. The Kier molecular flexibility index (Phi) is 11.0. The summed E-state index contributed by atoms with van der Waals surface area (Å²) in [5, 5.41) is 0. The molecule has 0 aliphatic carbocycles. The van der Waals surface area contributed by atoms with E-state index in [1.807, 2.05) is 6.92 Å². The summed E-state index contributed by atoms with van der Waals surface area (Å²) >= 11 is 0. The van der Waals surface area contributed by atoms with Gasteiger partial charge in [0, 0.05) is 0 Å². The van der Waals surface area contributed by atoms with Crippen LogP contribution in [0.25, 0.3) is 0 Å². The second kappa shape index (κ2) is 11.0. The lowest BCUT2D eigenvalue weighted by molar-refractivity contribution is 0.168. The van der Waals surface area contributed by atoms with Gasteiger partial charge in [-0.1, -0.05) is 65.2 Å². The minimum atomic E-state index is -4.28. The summed E-state index contributed by atoms with van der Waals surface area (Å²) in [7, 11) is -4.28. The third kappa shape index (κ3) is 14.2. The zero-order valence-electron chi connectivity index (χ0n) is 11.8. The summed E-state index contributed by atoms with van der Waals surface area (Å²) in [6.07, 6.45) is 11.2. The first-order chi connectivity index (χ1) is 8.45. The number of hydrogen-bond donors (Lipinski definition) is 2. The molecular weight excluding hydrogens is 251 g/mol. The largest absolute Gasteiger partial charge is 0.469 e. The van der Waals surface area contributed by atoms with E-state index in [2.05, 4.69) is 11.4 Å². The molecule has 0 aliphatic rings. The van der Waals surface area contributed by atoms with E-state index in [-0.39, 0.29) is 12.5 Å². The third-order valence-electron chi connectivity index (χ3n) is 3.08. The van der Waals surface area contributed by atoms with Crippen molar-refractivity contribution in [2.24, 2.45) is 5.92 Å². The molecule has 1 unspecified atom stereocenters. The van der Waals surface area contributed by atoms with E-state index >= 15 is 0 Å². The fourth-order valence-electron chi connectivity index (χ4n) is 1.93. The van der Waals surface area contributed by atoms with Crippen molar-refractivity contribution in [2.45, 2.75) is 71.6 Å². The van der Waals surface area contributed by atoms with Crippen molar-refractivity contribution in [2.75, 3.05) is 6.61 Å². The van der Waals surface area contributed by atoms with E-state index in [0.29, 0.717) is 0 Å². The molecule has 0 aliphatic heterocycles. The monoisotopic (exact) mass is 280 g/mol. The highest BCUT2D eigenvalue weighted by atomic mass is 31.2. The predicted octanol–water partition coefficient (Wildman–Crippen LogP) is 4.26. The van der Waals surface area contributed by atoms with E-state index in [1.54, 1.807) is 0 Å². The summed E-state index contributed by atoms with van der Waals surface area (Å²) in [5.74, 6) is 0.220. The van der Waals surface area contributed by atoms with Crippen LogP contribution in [0.1, 0.15) is 71.6 Å². The summed E-state index contributed by atoms with van der Waals surface area (Å²) in [6, 6.07) is 0. The van der Waals surface area contributed by atoms with E-state index in [4.69, 9.17) is 9.79 Å². The highest BCUT2D eigenvalue weighted by molar-refractivity contribution is 7.46. The fraction of sp³-hybridized carbons (Fsp3) is 1.00. The molecule has 0 amide bonds. The highest BCUT2D eigenvalue weighted by Crippen LogP contribution is 2.36. The molecule has 0 rings (SSSR count). The first kappa shape index (κ1) is 18.1. The molecule has 0 fully saturated rings. The van der Waals surface area contributed by atoms with Crippen molar-refractivity contribution in [1.82, 2.24) is 0 Å². The van der Waals surface area contributed by atoms with E-state index in [9.17, 15) is 4.57 Å². The molecule has 5 heteroatoms. The van der Waals surface area contributed by atoms with Gasteiger partial charge in [-0.3, -0.25) is 4.52 Å². The molecule has 0 spiro atoms. The Morgan fingerprint density at radius 2 is 1.50 bits per heavy atom. The first-order valence-electron chi connectivity index (χ1n) is 7.15. The molecule has 0 bridgehead atoms. The van der Waals surface area contributed by atoms with Crippen LogP contribution in [-0.2, 0) is 9.09 Å². The first-order valence-corrected chi connectivity index (χ1v) is 8.69. The van der Waals surface area contributed by atoms with Gasteiger partial charge in [-0.25, -0.2) is 4.57 Å². The minimum absolute atomic E-state index is 0.154. The SMILES string of the molecule is CCCCCCCCCCC(C)COP(=O)(O)O. The van der Waals surface area contributed by atoms with Crippen LogP contribution in [0, 0.1) is 5.92 Å². The molecule has 0 heterocycles. The summed E-state index contributed by atoms with van der Waals surface area (Å²) < 4.78 is 15.0. The number of hydrogen-bond acceptors (Lipinski definition) is 2. The van der Waals surface area contributed by atoms with Crippen LogP contribution >= 0.6 is 7.82 Å². The summed E-state index contributed by atoms with van der Waals surface area (Å²) in [4.78, 5) is 17.1. The lowest BCUT2D eigenvalue weighted by atomic mass is 10.0. The molecule has 0 saturated carbocycles. The van der Waals surface area contributed by atoms with Crippen molar-refractivity contribution >= 4 is 7.82 Å². The molecule has 4 nitrogen and oxygen atoms in total. The topological polar surface area (TPSA) is 66.8 Å². The third-order valence-corrected chi connectivity index (χ3v) is 3.56. The van der Waals surface area contributed by atoms with Crippen molar-refractivity contribution in [1.29, 1.82) is 0 Å². The molecule has 0 radical (unpaired) electrons. The number of unbranched alkanes of at least 4 members (excludes halogenated alkanes) is 7. The lowest BCUT2D eigenvalue weighted by Gasteiger charge is -2.12. The molecule has 18 heavy (non-hydrogen) atoms. The molecule has 0 aromatic carbocycles. The molecule has 1 atom stereocenters. The average Bonchev–Trinajstić information content (AvgIpc) is 2.29. The Morgan fingerprint density at radius 1 is 1.00 bits per heavy atom. The van der Waals surface area contributed by atoms with Gasteiger partial charge < -0.3 is 9.79 Å². The van der Waals surface area contributed by atoms with Gasteiger partial charge in [-0.15, -0.1) is 0 Å². The Morgan fingerprint density at radius 3 is 2.00 bits per heavy atom.